The van der Waals surface area contributed by atoms with Crippen molar-refractivity contribution in [2.75, 3.05) is 18.9 Å². The Morgan fingerprint density at radius 1 is 1.28 bits per heavy atom. The number of imidazole rings is 1. The van der Waals surface area contributed by atoms with Crippen LogP contribution in [0.5, 0.6) is 0 Å². The second-order valence-electron chi connectivity index (χ2n) is 6.26. The monoisotopic (exact) mass is 336 g/mol. The average Bonchev–Trinajstić information content (AvgIpc) is 3.29. The highest BCUT2D eigenvalue weighted by atomic mass is 16.2. The van der Waals surface area contributed by atoms with Crippen LogP contribution in [-0.4, -0.2) is 43.8 Å². The molecule has 0 bridgehead atoms. The molecule has 1 aliphatic rings. The summed E-state index contributed by atoms with van der Waals surface area (Å²) in [5, 5.41) is 3.00. The van der Waals surface area contributed by atoms with Crippen molar-refractivity contribution in [2.45, 2.75) is 25.8 Å². The Bertz CT molecular complexity index is 934. The van der Waals surface area contributed by atoms with Crippen LogP contribution in [0.4, 0.5) is 5.82 Å². The van der Waals surface area contributed by atoms with Gasteiger partial charge in [-0.3, -0.25) is 9.78 Å². The zero-order chi connectivity index (χ0) is 17.4. The normalized spacial score (nSPS) is 17.2. The molecule has 0 spiro atoms. The van der Waals surface area contributed by atoms with Crippen LogP contribution in [0.25, 0.3) is 5.65 Å². The van der Waals surface area contributed by atoms with Crippen LogP contribution in [0.15, 0.2) is 36.8 Å². The number of amides is 1. The van der Waals surface area contributed by atoms with Crippen molar-refractivity contribution in [2.24, 2.45) is 0 Å². The van der Waals surface area contributed by atoms with Gasteiger partial charge in [0.15, 0.2) is 0 Å². The number of aromatic nitrogens is 4. The van der Waals surface area contributed by atoms with Gasteiger partial charge in [0, 0.05) is 25.5 Å². The van der Waals surface area contributed by atoms with Gasteiger partial charge in [0.1, 0.15) is 17.2 Å². The van der Waals surface area contributed by atoms with E-state index in [9.17, 15) is 4.79 Å². The molecule has 1 amide bonds. The molecule has 7 nitrogen and oxygen atoms in total. The van der Waals surface area contributed by atoms with Crippen LogP contribution in [0.1, 0.15) is 40.8 Å². The molecule has 1 aliphatic heterocycles. The van der Waals surface area contributed by atoms with Gasteiger partial charge in [-0.05, 0) is 31.9 Å². The first-order valence-corrected chi connectivity index (χ1v) is 8.43. The average molecular weight is 336 g/mol. The number of nitrogens with zero attached hydrogens (tertiary/aromatic N) is 5. The van der Waals surface area contributed by atoms with Crippen LogP contribution >= 0.6 is 0 Å². The molecular weight excluding hydrogens is 316 g/mol. The summed E-state index contributed by atoms with van der Waals surface area (Å²) in [6.45, 7) is 2.71. The minimum atomic E-state index is -0.0563. The Morgan fingerprint density at radius 3 is 2.96 bits per heavy atom. The van der Waals surface area contributed by atoms with E-state index in [1.165, 1.54) is 0 Å². The highest BCUT2D eigenvalue weighted by molar-refractivity contribution is 5.93. The van der Waals surface area contributed by atoms with E-state index >= 15 is 0 Å². The second kappa shape index (κ2) is 6.16. The standard InChI is InChI=1S/C18H20N6O/c1-12-5-3-7-17-22-14(11-24(12)17)18(25)23-8-4-6-15(23)13-9-20-10-16(19-2)21-13/h3,5,7,9-11,15H,4,6,8H2,1-2H3,(H,19,21)/t15-/m0/s1. The molecule has 1 atom stereocenters. The number of pyridine rings is 1. The molecule has 4 heterocycles. The van der Waals surface area contributed by atoms with Gasteiger partial charge in [-0.15, -0.1) is 0 Å². The molecule has 128 valence electrons. The molecule has 3 aromatic rings. The molecule has 4 rings (SSSR count). The van der Waals surface area contributed by atoms with Crippen molar-refractivity contribution in [3.05, 3.63) is 53.9 Å². The molecule has 1 saturated heterocycles. The maximum Gasteiger partial charge on any atom is 0.274 e. The Hall–Kier alpha value is -2.96. The van der Waals surface area contributed by atoms with Crippen LogP contribution in [-0.2, 0) is 0 Å². The number of anilines is 1. The van der Waals surface area contributed by atoms with E-state index in [0.29, 0.717) is 18.1 Å². The SMILES string of the molecule is CNc1cncc([C@@H]2CCCN2C(=O)c2cn3c(C)cccc3n2)n1. The van der Waals surface area contributed by atoms with Crippen molar-refractivity contribution >= 4 is 17.4 Å². The largest absolute Gasteiger partial charge is 0.372 e. The summed E-state index contributed by atoms with van der Waals surface area (Å²) in [4.78, 5) is 28.2. The van der Waals surface area contributed by atoms with Gasteiger partial charge in [0.25, 0.3) is 5.91 Å². The summed E-state index contributed by atoms with van der Waals surface area (Å²) in [6, 6.07) is 5.80. The van der Waals surface area contributed by atoms with Gasteiger partial charge < -0.3 is 14.6 Å². The van der Waals surface area contributed by atoms with Crippen molar-refractivity contribution in [3.8, 4) is 0 Å². The number of hydrogen-bond donors (Lipinski definition) is 1. The lowest BCUT2D eigenvalue weighted by Crippen LogP contribution is -2.31. The summed E-state index contributed by atoms with van der Waals surface area (Å²) in [6.07, 6.45) is 7.08. The third-order valence-corrected chi connectivity index (χ3v) is 4.68. The summed E-state index contributed by atoms with van der Waals surface area (Å²) in [5.41, 5.74) is 3.13. The first kappa shape index (κ1) is 15.6. The molecular formula is C18H20N6O. The van der Waals surface area contributed by atoms with Crippen LogP contribution < -0.4 is 5.32 Å². The fourth-order valence-corrected chi connectivity index (χ4v) is 3.38. The zero-order valence-electron chi connectivity index (χ0n) is 14.3. The second-order valence-corrected chi connectivity index (χ2v) is 6.26. The molecule has 0 aromatic carbocycles. The molecule has 7 heteroatoms. The molecule has 3 aromatic heterocycles. The molecule has 25 heavy (non-hydrogen) atoms. The van der Waals surface area contributed by atoms with Gasteiger partial charge in [-0.25, -0.2) is 9.97 Å². The van der Waals surface area contributed by atoms with E-state index < -0.39 is 0 Å². The molecule has 1 N–H and O–H groups in total. The van der Waals surface area contributed by atoms with Gasteiger partial charge in [0.2, 0.25) is 0 Å². The van der Waals surface area contributed by atoms with E-state index in [-0.39, 0.29) is 11.9 Å². The third kappa shape index (κ3) is 2.71. The predicted molar refractivity (Wildman–Crippen MR) is 94.5 cm³/mol. The molecule has 0 unspecified atom stereocenters. The minimum Gasteiger partial charge on any atom is -0.372 e. The number of carbonyl (C=O) groups is 1. The topological polar surface area (TPSA) is 75.4 Å². The Morgan fingerprint density at radius 2 is 2.16 bits per heavy atom. The zero-order valence-corrected chi connectivity index (χ0v) is 14.3. The predicted octanol–water partition coefficient (Wildman–Crippen LogP) is 2.45. The van der Waals surface area contributed by atoms with E-state index in [2.05, 4.69) is 20.3 Å². The fourth-order valence-electron chi connectivity index (χ4n) is 3.38. The fraction of sp³-hybridized carbons (Fsp3) is 0.333. The van der Waals surface area contributed by atoms with E-state index in [1.807, 2.05) is 47.7 Å². The molecule has 0 radical (unpaired) electrons. The molecule has 0 aliphatic carbocycles. The van der Waals surface area contributed by atoms with E-state index in [0.717, 1.165) is 29.9 Å². The van der Waals surface area contributed by atoms with Crippen LogP contribution in [0, 0.1) is 6.92 Å². The van der Waals surface area contributed by atoms with Gasteiger partial charge in [0.05, 0.1) is 24.1 Å². The summed E-state index contributed by atoms with van der Waals surface area (Å²) in [7, 11) is 1.81. The van der Waals surface area contributed by atoms with Crippen LogP contribution in [0.2, 0.25) is 0 Å². The number of likely N-dealkylation sites (tertiary alicyclic amines) is 1. The first-order chi connectivity index (χ1) is 12.2. The number of carbonyl (C=O) groups excluding carboxylic acids is 1. The lowest BCUT2D eigenvalue weighted by atomic mass is 10.1. The molecule has 0 saturated carbocycles. The Kier molecular flexibility index (Phi) is 3.83. The number of nitrogens with one attached hydrogen (secondary N) is 1. The Labute approximate surface area is 145 Å². The third-order valence-electron chi connectivity index (χ3n) is 4.68. The summed E-state index contributed by atoms with van der Waals surface area (Å²) < 4.78 is 1.94. The van der Waals surface area contributed by atoms with Crippen LogP contribution in [0.3, 0.4) is 0 Å². The maximum absolute atomic E-state index is 13.1. The smallest absolute Gasteiger partial charge is 0.274 e. The number of rotatable bonds is 3. The first-order valence-electron chi connectivity index (χ1n) is 8.43. The van der Waals surface area contributed by atoms with Gasteiger partial charge >= 0.3 is 0 Å². The number of hydrogen-bond acceptors (Lipinski definition) is 5. The van der Waals surface area contributed by atoms with Crippen molar-refractivity contribution < 1.29 is 4.79 Å². The van der Waals surface area contributed by atoms with Crippen molar-refractivity contribution in [1.82, 2.24) is 24.3 Å². The highest BCUT2D eigenvalue weighted by Gasteiger charge is 2.33. The summed E-state index contributed by atoms with van der Waals surface area (Å²) >= 11 is 0. The van der Waals surface area contributed by atoms with E-state index in [1.54, 1.807) is 12.4 Å². The van der Waals surface area contributed by atoms with Gasteiger partial charge in [-0.1, -0.05) is 6.07 Å². The quantitative estimate of drug-likeness (QED) is 0.795. The lowest BCUT2D eigenvalue weighted by molar-refractivity contribution is 0.0727. The Balaban J connectivity index is 1.66. The maximum atomic E-state index is 13.1. The van der Waals surface area contributed by atoms with Crippen molar-refractivity contribution in [3.63, 3.8) is 0 Å². The number of aryl methyl sites for hydroxylation is 1. The van der Waals surface area contributed by atoms with E-state index in [4.69, 9.17) is 0 Å². The summed E-state index contributed by atoms with van der Waals surface area (Å²) in [5.74, 6) is 0.655. The van der Waals surface area contributed by atoms with Gasteiger partial charge in [-0.2, -0.15) is 0 Å². The lowest BCUT2D eigenvalue weighted by Gasteiger charge is -2.23. The number of fused-ring (bicyclic) bond motifs is 1. The molecule has 1 fully saturated rings. The minimum absolute atomic E-state index is 0.0535. The van der Waals surface area contributed by atoms with Crippen molar-refractivity contribution in [1.29, 1.82) is 0 Å². The highest BCUT2D eigenvalue weighted by Crippen LogP contribution is 2.32.